The molecule has 0 saturated carbocycles. The van der Waals surface area contributed by atoms with Crippen molar-refractivity contribution in [2.24, 2.45) is 5.73 Å². The van der Waals surface area contributed by atoms with Crippen LogP contribution >= 0.6 is 0 Å². The molecule has 2 heterocycles. The Morgan fingerprint density at radius 3 is 2.85 bits per heavy atom. The van der Waals surface area contributed by atoms with Crippen LogP contribution in [0, 0.1) is 13.8 Å². The van der Waals surface area contributed by atoms with Crippen molar-refractivity contribution in [2.45, 2.75) is 20.4 Å². The van der Waals surface area contributed by atoms with Gasteiger partial charge in [-0.1, -0.05) is 6.07 Å². The standard InChI is InChI=1S/C10H13N3/c1-7-3-4-8(2)13-9(5-11)6-12-10(7)13/h3-4,6H,5,11H2,1-2H3. The van der Waals surface area contributed by atoms with E-state index in [4.69, 9.17) is 5.73 Å². The molecule has 2 rings (SSSR count). The summed E-state index contributed by atoms with van der Waals surface area (Å²) in [4.78, 5) is 4.33. The number of nitrogens with zero attached hydrogens (tertiary/aromatic N) is 2. The average Bonchev–Trinajstić information content (AvgIpc) is 2.56. The highest BCUT2D eigenvalue weighted by molar-refractivity contribution is 5.49. The fraction of sp³-hybridized carbons (Fsp3) is 0.300. The third-order valence-corrected chi connectivity index (χ3v) is 2.32. The van der Waals surface area contributed by atoms with E-state index in [0.717, 1.165) is 11.3 Å². The predicted molar refractivity (Wildman–Crippen MR) is 52.6 cm³/mol. The molecule has 3 heteroatoms. The molecule has 0 radical (unpaired) electrons. The molecule has 2 N–H and O–H groups in total. The van der Waals surface area contributed by atoms with Crippen molar-refractivity contribution in [1.82, 2.24) is 9.38 Å². The molecular formula is C10H13N3. The summed E-state index contributed by atoms with van der Waals surface area (Å²) in [7, 11) is 0. The maximum Gasteiger partial charge on any atom is 0.140 e. The number of imidazole rings is 1. The van der Waals surface area contributed by atoms with Gasteiger partial charge in [0.2, 0.25) is 0 Å². The van der Waals surface area contributed by atoms with Crippen LogP contribution in [0.5, 0.6) is 0 Å². The van der Waals surface area contributed by atoms with Crippen LogP contribution in [0.1, 0.15) is 17.0 Å². The fourth-order valence-corrected chi connectivity index (χ4v) is 1.60. The molecule has 0 saturated heterocycles. The van der Waals surface area contributed by atoms with E-state index in [1.807, 2.05) is 6.20 Å². The zero-order valence-electron chi connectivity index (χ0n) is 7.91. The lowest BCUT2D eigenvalue weighted by Gasteiger charge is -2.04. The average molecular weight is 175 g/mol. The van der Waals surface area contributed by atoms with Crippen LogP contribution in [0.2, 0.25) is 0 Å². The number of hydrogen-bond acceptors (Lipinski definition) is 2. The molecule has 0 atom stereocenters. The van der Waals surface area contributed by atoms with Crippen LogP contribution in [-0.4, -0.2) is 9.38 Å². The van der Waals surface area contributed by atoms with E-state index in [2.05, 4.69) is 35.4 Å². The van der Waals surface area contributed by atoms with Gasteiger partial charge in [-0.05, 0) is 25.5 Å². The predicted octanol–water partition coefficient (Wildman–Crippen LogP) is 1.41. The molecule has 0 unspecified atom stereocenters. The summed E-state index contributed by atoms with van der Waals surface area (Å²) in [5.41, 5.74) is 10.1. The summed E-state index contributed by atoms with van der Waals surface area (Å²) in [6, 6.07) is 4.17. The maximum atomic E-state index is 5.62. The Bertz CT molecular complexity index is 443. The quantitative estimate of drug-likeness (QED) is 0.712. The van der Waals surface area contributed by atoms with Crippen LogP contribution in [0.4, 0.5) is 0 Å². The first-order valence-corrected chi connectivity index (χ1v) is 4.36. The largest absolute Gasteiger partial charge is 0.325 e. The second kappa shape index (κ2) is 2.85. The Morgan fingerprint density at radius 1 is 1.38 bits per heavy atom. The van der Waals surface area contributed by atoms with Crippen LogP contribution in [0.3, 0.4) is 0 Å². The van der Waals surface area contributed by atoms with Crippen molar-refractivity contribution in [3.8, 4) is 0 Å². The molecule has 0 aromatic carbocycles. The Balaban J connectivity index is 2.87. The second-order valence-corrected chi connectivity index (χ2v) is 3.27. The first-order chi connectivity index (χ1) is 6.24. The number of aromatic nitrogens is 2. The van der Waals surface area contributed by atoms with E-state index in [9.17, 15) is 0 Å². The topological polar surface area (TPSA) is 43.3 Å². The summed E-state index contributed by atoms with van der Waals surface area (Å²) in [6.07, 6.45) is 1.84. The van der Waals surface area contributed by atoms with Crippen molar-refractivity contribution in [3.05, 3.63) is 35.3 Å². The van der Waals surface area contributed by atoms with Crippen LogP contribution in [0.15, 0.2) is 18.3 Å². The first-order valence-electron chi connectivity index (χ1n) is 4.36. The number of hydrogen-bond donors (Lipinski definition) is 1. The fourth-order valence-electron chi connectivity index (χ4n) is 1.60. The Kier molecular flexibility index (Phi) is 1.81. The molecule has 0 bridgehead atoms. The molecule has 0 aliphatic carbocycles. The molecule has 0 fully saturated rings. The van der Waals surface area contributed by atoms with Gasteiger partial charge in [0.25, 0.3) is 0 Å². The molecule has 0 amide bonds. The van der Waals surface area contributed by atoms with Crippen LogP contribution < -0.4 is 5.73 Å². The minimum Gasteiger partial charge on any atom is -0.325 e. The first kappa shape index (κ1) is 8.26. The van der Waals surface area contributed by atoms with Gasteiger partial charge in [-0.2, -0.15) is 0 Å². The van der Waals surface area contributed by atoms with Gasteiger partial charge in [-0.3, -0.25) is 4.40 Å². The van der Waals surface area contributed by atoms with Gasteiger partial charge in [0.05, 0.1) is 11.9 Å². The number of rotatable bonds is 1. The molecule has 0 spiro atoms. The molecule has 68 valence electrons. The minimum absolute atomic E-state index is 0.533. The lowest BCUT2D eigenvalue weighted by atomic mass is 10.2. The molecule has 2 aromatic heterocycles. The second-order valence-electron chi connectivity index (χ2n) is 3.27. The highest BCUT2D eigenvalue weighted by Crippen LogP contribution is 2.13. The number of aryl methyl sites for hydroxylation is 2. The van der Waals surface area contributed by atoms with Gasteiger partial charge in [0, 0.05) is 12.2 Å². The van der Waals surface area contributed by atoms with Gasteiger partial charge in [0.15, 0.2) is 0 Å². The van der Waals surface area contributed by atoms with Crippen LogP contribution in [0.25, 0.3) is 5.65 Å². The maximum absolute atomic E-state index is 5.62. The minimum atomic E-state index is 0.533. The molecular weight excluding hydrogens is 162 g/mol. The van der Waals surface area contributed by atoms with E-state index in [-0.39, 0.29) is 0 Å². The summed E-state index contributed by atoms with van der Waals surface area (Å²) >= 11 is 0. The van der Waals surface area contributed by atoms with E-state index in [1.54, 1.807) is 0 Å². The van der Waals surface area contributed by atoms with E-state index < -0.39 is 0 Å². The number of fused-ring (bicyclic) bond motifs is 1. The zero-order valence-corrected chi connectivity index (χ0v) is 7.91. The Morgan fingerprint density at radius 2 is 2.15 bits per heavy atom. The van der Waals surface area contributed by atoms with Crippen molar-refractivity contribution >= 4 is 5.65 Å². The highest BCUT2D eigenvalue weighted by atomic mass is 15.0. The monoisotopic (exact) mass is 175 g/mol. The molecule has 3 nitrogen and oxygen atoms in total. The Labute approximate surface area is 77.2 Å². The highest BCUT2D eigenvalue weighted by Gasteiger charge is 2.05. The van der Waals surface area contributed by atoms with Crippen LogP contribution in [-0.2, 0) is 6.54 Å². The summed E-state index contributed by atoms with van der Waals surface area (Å²) < 4.78 is 2.11. The van der Waals surface area contributed by atoms with Gasteiger partial charge in [-0.15, -0.1) is 0 Å². The number of pyridine rings is 1. The van der Waals surface area contributed by atoms with Crippen molar-refractivity contribution < 1.29 is 0 Å². The summed E-state index contributed by atoms with van der Waals surface area (Å²) in [5, 5.41) is 0. The summed E-state index contributed by atoms with van der Waals surface area (Å²) in [5.74, 6) is 0. The Hall–Kier alpha value is -1.35. The third-order valence-electron chi connectivity index (χ3n) is 2.32. The van der Waals surface area contributed by atoms with Gasteiger partial charge in [0.1, 0.15) is 5.65 Å². The van der Waals surface area contributed by atoms with Gasteiger partial charge < -0.3 is 5.73 Å². The smallest absolute Gasteiger partial charge is 0.140 e. The lowest BCUT2D eigenvalue weighted by Crippen LogP contribution is -2.03. The normalized spacial score (nSPS) is 11.0. The summed E-state index contributed by atoms with van der Waals surface area (Å²) in [6.45, 7) is 4.65. The van der Waals surface area contributed by atoms with Crippen molar-refractivity contribution in [2.75, 3.05) is 0 Å². The third kappa shape index (κ3) is 1.12. The van der Waals surface area contributed by atoms with E-state index in [0.29, 0.717) is 6.54 Å². The van der Waals surface area contributed by atoms with Crippen molar-refractivity contribution in [1.29, 1.82) is 0 Å². The van der Waals surface area contributed by atoms with E-state index >= 15 is 0 Å². The van der Waals surface area contributed by atoms with E-state index in [1.165, 1.54) is 11.3 Å². The SMILES string of the molecule is Cc1ccc(C)n2c(CN)cnc12. The van der Waals surface area contributed by atoms with Gasteiger partial charge in [-0.25, -0.2) is 4.98 Å². The molecule has 0 aliphatic heterocycles. The lowest BCUT2D eigenvalue weighted by molar-refractivity contribution is 0.929. The van der Waals surface area contributed by atoms with Crippen molar-refractivity contribution in [3.63, 3.8) is 0 Å². The molecule has 13 heavy (non-hydrogen) atoms. The molecule has 2 aromatic rings. The molecule has 0 aliphatic rings. The zero-order chi connectivity index (χ0) is 9.42. The number of nitrogens with two attached hydrogens (primary N) is 1. The van der Waals surface area contributed by atoms with Gasteiger partial charge >= 0.3 is 0 Å².